The molecule has 1 heterocycles. The Morgan fingerprint density at radius 1 is 1.06 bits per heavy atom. The van der Waals surface area contributed by atoms with Gasteiger partial charge in [0.1, 0.15) is 5.69 Å². The third kappa shape index (κ3) is 1.65. The van der Waals surface area contributed by atoms with E-state index in [0.717, 1.165) is 22.0 Å². The van der Waals surface area contributed by atoms with E-state index in [1.165, 1.54) is 5.56 Å². The van der Waals surface area contributed by atoms with E-state index in [1.54, 1.807) is 6.07 Å². The zero-order valence-electron chi connectivity index (χ0n) is 9.53. The van der Waals surface area contributed by atoms with Gasteiger partial charge in [-0.2, -0.15) is 0 Å². The summed E-state index contributed by atoms with van der Waals surface area (Å²) in [6.07, 6.45) is 0. The Bertz CT molecular complexity index is 588. The van der Waals surface area contributed by atoms with E-state index < -0.39 is 5.97 Å². The summed E-state index contributed by atoms with van der Waals surface area (Å²) in [6.45, 7) is 5.95. The summed E-state index contributed by atoms with van der Waals surface area (Å²) in [4.78, 5) is 15.0. The molecule has 0 atom stereocenters. The van der Waals surface area contributed by atoms with Crippen LogP contribution in [0, 0.1) is 20.8 Å². The Kier molecular flexibility index (Phi) is 2.38. The molecule has 16 heavy (non-hydrogen) atoms. The van der Waals surface area contributed by atoms with Gasteiger partial charge in [-0.3, -0.25) is 0 Å². The molecule has 0 fully saturated rings. The van der Waals surface area contributed by atoms with Crippen LogP contribution >= 0.6 is 0 Å². The van der Waals surface area contributed by atoms with Crippen molar-refractivity contribution in [2.75, 3.05) is 0 Å². The minimum Gasteiger partial charge on any atom is -0.477 e. The molecule has 0 spiro atoms. The summed E-state index contributed by atoms with van der Waals surface area (Å²) in [6, 6.07) is 5.60. The van der Waals surface area contributed by atoms with Gasteiger partial charge >= 0.3 is 5.97 Å². The lowest BCUT2D eigenvalue weighted by Crippen LogP contribution is -2.01. The van der Waals surface area contributed by atoms with Crippen LogP contribution < -0.4 is 0 Å². The third-order valence-corrected chi connectivity index (χ3v) is 2.85. The summed E-state index contributed by atoms with van der Waals surface area (Å²) < 4.78 is 0. The average molecular weight is 215 g/mol. The Morgan fingerprint density at radius 2 is 1.69 bits per heavy atom. The highest BCUT2D eigenvalue weighted by molar-refractivity contribution is 5.91. The predicted molar refractivity (Wildman–Crippen MR) is 62.9 cm³/mol. The SMILES string of the molecule is Cc1cc2nc(C(=O)O)cc(C)c2cc1C. The van der Waals surface area contributed by atoms with Crippen LogP contribution in [0.25, 0.3) is 10.9 Å². The first-order valence-corrected chi connectivity index (χ1v) is 5.11. The van der Waals surface area contributed by atoms with E-state index in [0.29, 0.717) is 0 Å². The summed E-state index contributed by atoms with van der Waals surface area (Å²) in [5.74, 6) is -0.983. The second-order valence-corrected chi connectivity index (χ2v) is 4.08. The molecule has 0 radical (unpaired) electrons. The monoisotopic (exact) mass is 215 g/mol. The topological polar surface area (TPSA) is 50.2 Å². The molecular weight excluding hydrogens is 202 g/mol. The quantitative estimate of drug-likeness (QED) is 0.795. The Morgan fingerprint density at radius 3 is 2.31 bits per heavy atom. The van der Waals surface area contributed by atoms with Crippen LogP contribution in [-0.2, 0) is 0 Å². The summed E-state index contributed by atoms with van der Waals surface area (Å²) in [5.41, 5.74) is 4.13. The lowest BCUT2D eigenvalue weighted by atomic mass is 10.0. The van der Waals surface area contributed by atoms with Crippen LogP contribution in [-0.4, -0.2) is 16.1 Å². The molecule has 2 rings (SSSR count). The van der Waals surface area contributed by atoms with Crippen molar-refractivity contribution in [2.24, 2.45) is 0 Å². The number of fused-ring (bicyclic) bond motifs is 1. The molecule has 3 nitrogen and oxygen atoms in total. The molecule has 2 aromatic rings. The number of benzene rings is 1. The minimum atomic E-state index is -0.983. The fraction of sp³-hybridized carbons (Fsp3) is 0.231. The van der Waals surface area contributed by atoms with E-state index in [-0.39, 0.29) is 5.69 Å². The number of pyridine rings is 1. The summed E-state index contributed by atoms with van der Waals surface area (Å²) in [5, 5.41) is 9.95. The Labute approximate surface area is 93.7 Å². The number of carboxylic acid groups (broad SMARTS) is 1. The van der Waals surface area contributed by atoms with Crippen molar-refractivity contribution < 1.29 is 9.90 Å². The molecule has 0 aliphatic heterocycles. The lowest BCUT2D eigenvalue weighted by molar-refractivity contribution is 0.0691. The molecule has 1 aromatic heterocycles. The summed E-state index contributed by atoms with van der Waals surface area (Å²) in [7, 11) is 0. The molecule has 0 unspecified atom stereocenters. The van der Waals surface area contributed by atoms with E-state index >= 15 is 0 Å². The second-order valence-electron chi connectivity index (χ2n) is 4.08. The highest BCUT2D eigenvalue weighted by atomic mass is 16.4. The highest BCUT2D eigenvalue weighted by Gasteiger charge is 2.09. The Balaban J connectivity index is 2.82. The predicted octanol–water partition coefficient (Wildman–Crippen LogP) is 2.86. The zero-order chi connectivity index (χ0) is 11.9. The summed E-state index contributed by atoms with van der Waals surface area (Å²) >= 11 is 0. The van der Waals surface area contributed by atoms with Gasteiger partial charge in [-0.15, -0.1) is 0 Å². The second kappa shape index (κ2) is 3.59. The fourth-order valence-corrected chi connectivity index (χ4v) is 1.76. The number of carboxylic acids is 1. The van der Waals surface area contributed by atoms with Gasteiger partial charge in [0.05, 0.1) is 5.52 Å². The minimum absolute atomic E-state index is 0.105. The molecule has 1 aromatic carbocycles. The number of aromatic nitrogens is 1. The maximum absolute atomic E-state index is 10.9. The smallest absolute Gasteiger partial charge is 0.354 e. The van der Waals surface area contributed by atoms with Crippen molar-refractivity contribution in [3.8, 4) is 0 Å². The van der Waals surface area contributed by atoms with E-state index in [1.807, 2.05) is 26.8 Å². The van der Waals surface area contributed by atoms with Crippen molar-refractivity contribution in [1.82, 2.24) is 4.98 Å². The number of hydrogen-bond acceptors (Lipinski definition) is 2. The molecule has 82 valence electrons. The largest absolute Gasteiger partial charge is 0.477 e. The molecule has 0 saturated carbocycles. The van der Waals surface area contributed by atoms with Crippen LogP contribution in [0.3, 0.4) is 0 Å². The Hall–Kier alpha value is -1.90. The van der Waals surface area contributed by atoms with Crippen molar-refractivity contribution in [3.63, 3.8) is 0 Å². The standard InChI is InChI=1S/C13H13NO2/c1-7-4-10-9(3)6-12(13(15)16)14-11(10)5-8(7)2/h4-6H,1-3H3,(H,15,16). The zero-order valence-corrected chi connectivity index (χ0v) is 9.53. The molecule has 3 heteroatoms. The van der Waals surface area contributed by atoms with Gasteiger partial charge < -0.3 is 5.11 Å². The fourth-order valence-electron chi connectivity index (χ4n) is 1.76. The number of aryl methyl sites for hydroxylation is 3. The molecule has 0 bridgehead atoms. The normalized spacial score (nSPS) is 10.7. The molecule has 0 amide bonds. The number of nitrogens with zero attached hydrogens (tertiary/aromatic N) is 1. The van der Waals surface area contributed by atoms with E-state index in [9.17, 15) is 4.79 Å². The van der Waals surface area contributed by atoms with Gasteiger partial charge in [0.25, 0.3) is 0 Å². The maximum atomic E-state index is 10.9. The van der Waals surface area contributed by atoms with Crippen LogP contribution in [0.1, 0.15) is 27.2 Å². The van der Waals surface area contributed by atoms with Crippen molar-refractivity contribution >= 4 is 16.9 Å². The van der Waals surface area contributed by atoms with E-state index in [4.69, 9.17) is 5.11 Å². The van der Waals surface area contributed by atoms with Gasteiger partial charge in [0.2, 0.25) is 0 Å². The average Bonchev–Trinajstić information content (AvgIpc) is 2.20. The first-order valence-electron chi connectivity index (χ1n) is 5.11. The number of aromatic carboxylic acids is 1. The van der Waals surface area contributed by atoms with Crippen LogP contribution in [0.4, 0.5) is 0 Å². The number of rotatable bonds is 1. The molecule has 0 saturated heterocycles. The number of carbonyl (C=O) groups is 1. The van der Waals surface area contributed by atoms with Gasteiger partial charge in [-0.1, -0.05) is 0 Å². The van der Waals surface area contributed by atoms with Crippen LogP contribution in [0.5, 0.6) is 0 Å². The molecule has 1 N–H and O–H groups in total. The van der Waals surface area contributed by atoms with Gasteiger partial charge in [0.15, 0.2) is 0 Å². The van der Waals surface area contributed by atoms with Crippen molar-refractivity contribution in [2.45, 2.75) is 20.8 Å². The molecule has 0 aliphatic carbocycles. The van der Waals surface area contributed by atoms with E-state index in [2.05, 4.69) is 11.1 Å². The highest BCUT2D eigenvalue weighted by Crippen LogP contribution is 2.21. The lowest BCUT2D eigenvalue weighted by Gasteiger charge is -2.07. The molecule has 0 aliphatic rings. The first kappa shape index (κ1) is 10.6. The van der Waals surface area contributed by atoms with Crippen molar-refractivity contribution in [1.29, 1.82) is 0 Å². The molecular formula is C13H13NO2. The van der Waals surface area contributed by atoms with Crippen LogP contribution in [0.2, 0.25) is 0 Å². The van der Waals surface area contributed by atoms with Gasteiger partial charge in [-0.25, -0.2) is 9.78 Å². The van der Waals surface area contributed by atoms with Gasteiger partial charge in [-0.05, 0) is 55.7 Å². The van der Waals surface area contributed by atoms with Crippen LogP contribution in [0.15, 0.2) is 18.2 Å². The van der Waals surface area contributed by atoms with Crippen molar-refractivity contribution in [3.05, 3.63) is 40.6 Å². The maximum Gasteiger partial charge on any atom is 0.354 e. The first-order chi connectivity index (χ1) is 7.49. The number of hydrogen-bond donors (Lipinski definition) is 1. The van der Waals surface area contributed by atoms with Gasteiger partial charge in [0, 0.05) is 5.39 Å². The third-order valence-electron chi connectivity index (χ3n) is 2.85.